The monoisotopic (exact) mass is 280 g/mol. The first-order valence-electron chi connectivity index (χ1n) is 5.98. The summed E-state index contributed by atoms with van der Waals surface area (Å²) in [6, 6.07) is 3.39. The molecule has 5 nitrogen and oxygen atoms in total. The van der Waals surface area contributed by atoms with E-state index < -0.39 is 5.97 Å². The topological polar surface area (TPSA) is 64.4 Å². The van der Waals surface area contributed by atoms with Gasteiger partial charge in [0, 0.05) is 24.0 Å². The molecule has 2 heterocycles. The Kier molecular flexibility index (Phi) is 4.70. The molecule has 1 N–H and O–H groups in total. The van der Waals surface area contributed by atoms with Gasteiger partial charge in [-0.25, -0.2) is 9.78 Å². The van der Waals surface area contributed by atoms with Gasteiger partial charge in [0.05, 0.1) is 18.7 Å². The molecule has 0 saturated heterocycles. The van der Waals surface area contributed by atoms with E-state index in [9.17, 15) is 4.79 Å². The first-order valence-corrected chi connectivity index (χ1v) is 6.86. The van der Waals surface area contributed by atoms with Gasteiger partial charge < -0.3 is 14.5 Å². The minimum Gasteiger partial charge on any atom is -0.463 e. The number of thiazole rings is 1. The van der Waals surface area contributed by atoms with Crippen molar-refractivity contribution in [2.75, 3.05) is 13.7 Å². The normalized spacial score (nSPS) is 10.6. The number of furan rings is 1. The van der Waals surface area contributed by atoms with Crippen LogP contribution < -0.4 is 5.32 Å². The van der Waals surface area contributed by atoms with E-state index in [4.69, 9.17) is 4.42 Å². The van der Waals surface area contributed by atoms with E-state index >= 15 is 0 Å². The Bertz CT molecular complexity index is 548. The Morgan fingerprint density at radius 2 is 2.37 bits per heavy atom. The van der Waals surface area contributed by atoms with Crippen molar-refractivity contribution in [1.29, 1.82) is 0 Å². The van der Waals surface area contributed by atoms with Crippen LogP contribution in [0.2, 0.25) is 0 Å². The molecule has 6 heteroatoms. The van der Waals surface area contributed by atoms with E-state index in [1.807, 2.05) is 12.3 Å². The summed E-state index contributed by atoms with van der Waals surface area (Å²) in [7, 11) is 1.33. The molecular weight excluding hydrogens is 264 g/mol. The summed E-state index contributed by atoms with van der Waals surface area (Å²) in [5.41, 5.74) is 1.06. The van der Waals surface area contributed by atoms with Crippen LogP contribution in [-0.2, 0) is 17.7 Å². The van der Waals surface area contributed by atoms with Gasteiger partial charge in [-0.2, -0.15) is 0 Å². The minimum absolute atomic E-state index is 0.231. The third-order valence-corrected chi connectivity index (χ3v) is 3.56. The molecule has 0 unspecified atom stereocenters. The lowest BCUT2D eigenvalue weighted by atomic mass is 10.4. The number of ether oxygens (including phenoxy) is 1. The van der Waals surface area contributed by atoms with E-state index in [1.54, 1.807) is 23.5 Å². The highest BCUT2D eigenvalue weighted by Gasteiger charge is 2.10. The Hall–Kier alpha value is -1.66. The van der Waals surface area contributed by atoms with Crippen LogP contribution >= 0.6 is 11.3 Å². The Balaban J connectivity index is 1.73. The van der Waals surface area contributed by atoms with Crippen molar-refractivity contribution in [1.82, 2.24) is 10.3 Å². The SMILES string of the molecule is COC(=O)c1ccc(CNCCc2nc(C)cs2)o1. The fourth-order valence-corrected chi connectivity index (χ4v) is 2.38. The fourth-order valence-electron chi connectivity index (χ4n) is 1.61. The van der Waals surface area contributed by atoms with Crippen molar-refractivity contribution in [3.8, 4) is 0 Å². The summed E-state index contributed by atoms with van der Waals surface area (Å²) in [6.45, 7) is 3.40. The van der Waals surface area contributed by atoms with Crippen LogP contribution in [0.1, 0.15) is 27.0 Å². The molecule has 0 bridgehead atoms. The maximum absolute atomic E-state index is 11.2. The number of methoxy groups -OCH3 is 1. The molecular formula is C13H16N2O3S. The maximum Gasteiger partial charge on any atom is 0.373 e. The molecule has 102 valence electrons. The highest BCUT2D eigenvalue weighted by molar-refractivity contribution is 7.09. The maximum atomic E-state index is 11.2. The van der Waals surface area contributed by atoms with Crippen molar-refractivity contribution < 1.29 is 13.9 Å². The molecule has 19 heavy (non-hydrogen) atoms. The number of nitrogens with one attached hydrogen (secondary N) is 1. The molecule has 0 aliphatic rings. The fraction of sp³-hybridized carbons (Fsp3) is 0.385. The van der Waals surface area contributed by atoms with Crippen molar-refractivity contribution >= 4 is 17.3 Å². The number of hydrogen-bond acceptors (Lipinski definition) is 6. The van der Waals surface area contributed by atoms with E-state index in [-0.39, 0.29) is 5.76 Å². The van der Waals surface area contributed by atoms with Gasteiger partial charge in [0.2, 0.25) is 5.76 Å². The average molecular weight is 280 g/mol. The van der Waals surface area contributed by atoms with Crippen LogP contribution in [0.4, 0.5) is 0 Å². The van der Waals surface area contributed by atoms with Crippen molar-refractivity contribution in [2.45, 2.75) is 19.9 Å². The van der Waals surface area contributed by atoms with Gasteiger partial charge in [0.25, 0.3) is 0 Å². The second-order valence-corrected chi connectivity index (χ2v) is 5.01. The van der Waals surface area contributed by atoms with Gasteiger partial charge in [0.1, 0.15) is 5.76 Å². The lowest BCUT2D eigenvalue weighted by molar-refractivity contribution is 0.0563. The number of hydrogen-bond donors (Lipinski definition) is 1. The molecule has 0 aromatic carbocycles. The van der Waals surface area contributed by atoms with Crippen LogP contribution in [0.25, 0.3) is 0 Å². The summed E-state index contributed by atoms with van der Waals surface area (Å²) in [5.74, 6) is 0.495. The molecule has 0 radical (unpaired) electrons. The highest BCUT2D eigenvalue weighted by atomic mass is 32.1. The Labute approximate surface area is 115 Å². The average Bonchev–Trinajstić information content (AvgIpc) is 3.03. The van der Waals surface area contributed by atoms with Gasteiger partial charge in [-0.1, -0.05) is 0 Å². The van der Waals surface area contributed by atoms with Crippen LogP contribution in [0.15, 0.2) is 21.9 Å². The van der Waals surface area contributed by atoms with E-state index in [0.717, 1.165) is 29.4 Å². The number of esters is 1. The van der Waals surface area contributed by atoms with Crippen molar-refractivity contribution in [2.24, 2.45) is 0 Å². The molecule has 0 spiro atoms. The lowest BCUT2D eigenvalue weighted by Crippen LogP contribution is -2.16. The highest BCUT2D eigenvalue weighted by Crippen LogP contribution is 2.10. The van der Waals surface area contributed by atoms with E-state index in [2.05, 4.69) is 15.0 Å². The standard InChI is InChI=1S/C13H16N2O3S/c1-9-8-19-12(15-9)5-6-14-7-10-3-4-11(18-10)13(16)17-2/h3-4,8,14H,5-7H2,1-2H3. The second kappa shape index (κ2) is 6.49. The molecule has 0 aliphatic heterocycles. The summed E-state index contributed by atoms with van der Waals surface area (Å²) >= 11 is 1.67. The van der Waals surface area contributed by atoms with Gasteiger partial charge in [-0.15, -0.1) is 11.3 Å². The quantitative estimate of drug-likeness (QED) is 0.649. The summed E-state index contributed by atoms with van der Waals surface area (Å²) < 4.78 is 9.92. The zero-order valence-electron chi connectivity index (χ0n) is 10.9. The van der Waals surface area contributed by atoms with Crippen LogP contribution in [0, 0.1) is 6.92 Å². The largest absolute Gasteiger partial charge is 0.463 e. The van der Waals surface area contributed by atoms with Crippen LogP contribution in [-0.4, -0.2) is 24.6 Å². The molecule has 2 aromatic heterocycles. The summed E-state index contributed by atoms with van der Waals surface area (Å²) in [4.78, 5) is 15.6. The summed E-state index contributed by atoms with van der Waals surface area (Å²) in [5, 5.41) is 6.42. The molecule has 0 saturated carbocycles. The third kappa shape index (κ3) is 3.90. The van der Waals surface area contributed by atoms with Gasteiger partial charge >= 0.3 is 5.97 Å². The first kappa shape index (κ1) is 13.8. The molecule has 0 amide bonds. The zero-order valence-corrected chi connectivity index (χ0v) is 11.8. The Morgan fingerprint density at radius 3 is 3.05 bits per heavy atom. The second-order valence-electron chi connectivity index (χ2n) is 4.07. The lowest BCUT2D eigenvalue weighted by Gasteiger charge is -2.00. The molecule has 2 aromatic rings. The number of aryl methyl sites for hydroxylation is 1. The molecule has 0 fully saturated rings. The summed E-state index contributed by atoms with van der Waals surface area (Å²) in [6.07, 6.45) is 0.892. The molecule has 0 aliphatic carbocycles. The van der Waals surface area contributed by atoms with Crippen LogP contribution in [0.5, 0.6) is 0 Å². The third-order valence-electron chi connectivity index (χ3n) is 2.53. The number of aromatic nitrogens is 1. The predicted molar refractivity (Wildman–Crippen MR) is 72.3 cm³/mol. The number of nitrogens with zero attached hydrogens (tertiary/aromatic N) is 1. The number of carbonyl (C=O) groups is 1. The first-order chi connectivity index (χ1) is 9.19. The molecule has 0 atom stereocenters. The molecule has 2 rings (SSSR count). The predicted octanol–water partition coefficient (Wildman–Crippen LogP) is 2.16. The smallest absolute Gasteiger partial charge is 0.373 e. The zero-order chi connectivity index (χ0) is 13.7. The number of rotatable bonds is 6. The van der Waals surface area contributed by atoms with Crippen molar-refractivity contribution in [3.05, 3.63) is 39.7 Å². The van der Waals surface area contributed by atoms with Crippen molar-refractivity contribution in [3.63, 3.8) is 0 Å². The minimum atomic E-state index is -0.454. The van der Waals surface area contributed by atoms with E-state index in [1.165, 1.54) is 7.11 Å². The van der Waals surface area contributed by atoms with E-state index in [0.29, 0.717) is 6.54 Å². The van der Waals surface area contributed by atoms with Gasteiger partial charge in [-0.3, -0.25) is 0 Å². The van der Waals surface area contributed by atoms with Crippen LogP contribution in [0.3, 0.4) is 0 Å². The Morgan fingerprint density at radius 1 is 1.53 bits per heavy atom. The van der Waals surface area contributed by atoms with Gasteiger partial charge in [0.15, 0.2) is 0 Å². The van der Waals surface area contributed by atoms with Gasteiger partial charge in [-0.05, 0) is 19.1 Å². The number of carbonyl (C=O) groups excluding carboxylic acids is 1.